The summed E-state index contributed by atoms with van der Waals surface area (Å²) in [5.41, 5.74) is 6.65. The van der Waals surface area contributed by atoms with E-state index in [0.717, 1.165) is 48.2 Å². The van der Waals surface area contributed by atoms with Crippen molar-refractivity contribution in [3.8, 4) is 0 Å². The summed E-state index contributed by atoms with van der Waals surface area (Å²) in [6, 6.07) is 20.6. The highest BCUT2D eigenvalue weighted by atomic mass is 35.5. The van der Waals surface area contributed by atoms with Crippen LogP contribution in [0.2, 0.25) is 10.0 Å². The van der Waals surface area contributed by atoms with Gasteiger partial charge >= 0.3 is 12.1 Å². The number of para-hydroxylation sites is 2. The highest BCUT2D eigenvalue weighted by Gasteiger charge is 2.24. The van der Waals surface area contributed by atoms with Gasteiger partial charge in [-0.1, -0.05) is 47.5 Å². The lowest BCUT2D eigenvalue weighted by Crippen LogP contribution is -2.39. The molecule has 4 aromatic carbocycles. The van der Waals surface area contributed by atoms with Crippen molar-refractivity contribution in [2.75, 3.05) is 87.9 Å². The number of benzene rings is 4. The fourth-order valence-electron chi connectivity index (χ4n) is 8.44. The van der Waals surface area contributed by atoms with E-state index in [-0.39, 0.29) is 56.2 Å². The Morgan fingerprint density at radius 3 is 1.32 bits per heavy atom. The Bertz CT molecular complexity index is 2840. The van der Waals surface area contributed by atoms with Gasteiger partial charge in [0.2, 0.25) is 11.9 Å². The highest BCUT2D eigenvalue weighted by Crippen LogP contribution is 2.34. The third-order valence-corrected chi connectivity index (χ3v) is 13.1. The predicted molar refractivity (Wildman–Crippen MR) is 285 cm³/mol. The van der Waals surface area contributed by atoms with Gasteiger partial charge in [-0.2, -0.15) is 9.97 Å². The van der Waals surface area contributed by atoms with Crippen molar-refractivity contribution >= 4 is 93.4 Å². The number of carbonyl (C=O) groups is 4. The van der Waals surface area contributed by atoms with Crippen LogP contribution in [0.5, 0.6) is 0 Å². The van der Waals surface area contributed by atoms with Crippen LogP contribution in [0, 0.1) is 11.6 Å². The number of hydrogen-bond donors (Lipinski definition) is 6. The van der Waals surface area contributed by atoms with Crippen LogP contribution in [-0.2, 0) is 25.7 Å². The number of aromatic nitrogens is 4. The molecule has 4 heterocycles. The molecule has 0 unspecified atom stereocenters. The number of anilines is 8. The van der Waals surface area contributed by atoms with Crippen LogP contribution < -0.4 is 41.7 Å². The monoisotopic (exact) mass is 1050 g/mol. The van der Waals surface area contributed by atoms with E-state index < -0.39 is 23.4 Å². The Morgan fingerprint density at radius 1 is 0.581 bits per heavy atom. The number of nitrogens with zero attached hydrogens (tertiary/aromatic N) is 8. The molecule has 388 valence electrons. The second-order valence-corrected chi connectivity index (χ2v) is 17.9. The summed E-state index contributed by atoms with van der Waals surface area (Å²) in [6.07, 6.45) is 5.87. The van der Waals surface area contributed by atoms with Gasteiger partial charge in [0, 0.05) is 78.8 Å². The van der Waals surface area contributed by atoms with Crippen LogP contribution >= 0.6 is 23.2 Å². The van der Waals surface area contributed by atoms with Crippen LogP contribution in [0.4, 0.5) is 64.7 Å². The van der Waals surface area contributed by atoms with Crippen LogP contribution in [0.15, 0.2) is 85.2 Å². The van der Waals surface area contributed by atoms with E-state index >= 15 is 0 Å². The molecule has 0 saturated carbocycles. The zero-order chi connectivity index (χ0) is 53.1. The molecule has 0 radical (unpaired) electrons. The number of rotatable bonds is 12. The van der Waals surface area contributed by atoms with Crippen molar-refractivity contribution in [1.82, 2.24) is 51.0 Å². The molecule has 0 bridgehead atoms. The summed E-state index contributed by atoms with van der Waals surface area (Å²) in [6.45, 7) is 6.95. The van der Waals surface area contributed by atoms with Gasteiger partial charge in [0.25, 0.3) is 11.8 Å². The van der Waals surface area contributed by atoms with Crippen LogP contribution in [0.25, 0.3) is 0 Å². The van der Waals surface area contributed by atoms with Crippen LogP contribution in [-0.4, -0.2) is 121 Å². The topological polar surface area (TPSA) is 205 Å². The molecule has 8 rings (SSSR count). The first kappa shape index (κ1) is 53.9. The quantitative estimate of drug-likeness (QED) is 0.0683. The Morgan fingerprint density at radius 2 is 0.959 bits per heavy atom. The summed E-state index contributed by atoms with van der Waals surface area (Å²) < 4.78 is 29.4. The normalized spacial score (nSPS) is 12.8. The van der Waals surface area contributed by atoms with Crippen LogP contribution in [0.3, 0.4) is 0 Å². The van der Waals surface area contributed by atoms with E-state index in [1.165, 1.54) is 59.9 Å². The first-order valence-corrected chi connectivity index (χ1v) is 24.8. The van der Waals surface area contributed by atoms with Gasteiger partial charge in [-0.3, -0.25) is 9.59 Å². The zero-order valence-electron chi connectivity index (χ0n) is 41.9. The summed E-state index contributed by atoms with van der Waals surface area (Å²) in [4.78, 5) is 74.0. The first-order chi connectivity index (χ1) is 35.6. The van der Waals surface area contributed by atoms with Gasteiger partial charge in [-0.05, 0) is 110 Å². The fourth-order valence-corrected chi connectivity index (χ4v) is 8.71. The lowest BCUT2D eigenvalue weighted by Gasteiger charge is -2.20. The number of urea groups is 2. The summed E-state index contributed by atoms with van der Waals surface area (Å²) in [5, 5.41) is 16.9. The minimum Gasteiger partial charge on any atom is -0.352 e. The van der Waals surface area contributed by atoms with E-state index in [0.29, 0.717) is 51.2 Å². The van der Waals surface area contributed by atoms with E-state index in [9.17, 15) is 28.0 Å². The van der Waals surface area contributed by atoms with Gasteiger partial charge in [0.15, 0.2) is 11.6 Å². The summed E-state index contributed by atoms with van der Waals surface area (Å²) in [7, 11) is 6.92. The molecular formula is C52H58Cl2F2N14O4. The maximum atomic E-state index is 14.7. The SMILES string of the molecule is CCNC(=O)c1cccc(F)c1Nc1nc(N(C)c2ccc3c(c2)CCN(C(=O)NC)CC3)ncc1Cl.CCNC(=O)c1cccc(F)c1Nc1nc(N(C)c2ccc3c(c2)CCN(C(=O)NC)CC3)ncc1Cl. The van der Waals surface area contributed by atoms with Crippen molar-refractivity contribution in [2.45, 2.75) is 39.5 Å². The largest absolute Gasteiger partial charge is 0.352 e. The number of carbonyl (C=O) groups excluding carboxylic acids is 4. The number of hydrogen-bond acceptors (Lipinski definition) is 12. The van der Waals surface area contributed by atoms with Crippen molar-refractivity contribution < 1.29 is 28.0 Å². The Kier molecular flexibility index (Phi) is 18.0. The van der Waals surface area contributed by atoms with Gasteiger partial charge in [-0.25, -0.2) is 28.3 Å². The average Bonchev–Trinajstić information content (AvgIpc) is 3.76. The highest BCUT2D eigenvalue weighted by molar-refractivity contribution is 6.33. The molecule has 22 heteroatoms. The molecule has 74 heavy (non-hydrogen) atoms. The van der Waals surface area contributed by atoms with Gasteiger partial charge in [-0.15, -0.1) is 0 Å². The Balaban J connectivity index is 0.000000216. The molecule has 0 atom stereocenters. The molecule has 18 nitrogen and oxygen atoms in total. The molecule has 0 fully saturated rings. The second-order valence-electron chi connectivity index (χ2n) is 17.1. The van der Waals surface area contributed by atoms with Gasteiger partial charge < -0.3 is 51.5 Å². The van der Waals surface area contributed by atoms with Gasteiger partial charge in [0.1, 0.15) is 21.7 Å². The minimum atomic E-state index is -0.607. The predicted octanol–water partition coefficient (Wildman–Crippen LogP) is 8.54. The smallest absolute Gasteiger partial charge is 0.317 e. The van der Waals surface area contributed by atoms with Crippen LogP contribution in [0.1, 0.15) is 56.8 Å². The maximum Gasteiger partial charge on any atom is 0.317 e. The van der Waals surface area contributed by atoms with Crippen molar-refractivity contribution in [3.05, 3.63) is 140 Å². The fraction of sp³-hybridized carbons (Fsp3) is 0.308. The summed E-state index contributed by atoms with van der Waals surface area (Å²) >= 11 is 12.7. The van der Waals surface area contributed by atoms with Crippen molar-refractivity contribution in [2.24, 2.45) is 0 Å². The molecule has 0 saturated heterocycles. The maximum absolute atomic E-state index is 14.7. The van der Waals surface area contributed by atoms with Gasteiger partial charge in [0.05, 0.1) is 34.9 Å². The average molecular weight is 1050 g/mol. The molecule has 6 aromatic rings. The molecular weight excluding hydrogens is 994 g/mol. The lowest BCUT2D eigenvalue weighted by atomic mass is 10.0. The third-order valence-electron chi connectivity index (χ3n) is 12.5. The first-order valence-electron chi connectivity index (χ1n) is 24.0. The van der Waals surface area contributed by atoms with Crippen molar-refractivity contribution in [1.29, 1.82) is 0 Å². The second kappa shape index (κ2) is 24.7. The molecule has 6 N–H and O–H groups in total. The Hall–Kier alpha value is -7.84. The lowest BCUT2D eigenvalue weighted by molar-refractivity contribution is 0.0948. The third kappa shape index (κ3) is 12.7. The Labute approximate surface area is 438 Å². The zero-order valence-corrected chi connectivity index (χ0v) is 43.4. The number of fused-ring (bicyclic) bond motifs is 2. The van der Waals surface area contributed by atoms with E-state index in [2.05, 4.69) is 76.1 Å². The molecule has 2 aromatic heterocycles. The molecule has 0 spiro atoms. The van der Waals surface area contributed by atoms with E-state index in [4.69, 9.17) is 23.2 Å². The summed E-state index contributed by atoms with van der Waals surface area (Å²) in [5.74, 6) is -1.02. The minimum absolute atomic E-state index is 0.0200. The number of nitrogens with one attached hydrogen (secondary N) is 6. The van der Waals surface area contributed by atoms with Crippen molar-refractivity contribution in [3.63, 3.8) is 0 Å². The molecule has 2 aliphatic rings. The molecule has 6 amide bonds. The molecule has 0 aliphatic carbocycles. The van der Waals surface area contributed by atoms with E-state index in [1.807, 2.05) is 26.2 Å². The standard InChI is InChI=1S/2C26H29ClFN7O2/c2*1-4-30-24(36)19-6-5-7-21(28)22(19)32-23-20(27)15-31-25(33-23)34(3)18-9-8-16-10-12-35(26(37)29-2)13-11-17(16)14-18/h2*5-9,14-15H,4,10-13H2,1-3H3,(H,29,37)(H,30,36)(H,31,32,33). The van der Waals surface area contributed by atoms with E-state index in [1.54, 1.807) is 47.5 Å². The number of amides is 6. The number of halogens is 4. The molecule has 2 aliphatic heterocycles.